The molecule has 2 aromatic carbocycles. The second kappa shape index (κ2) is 6.99. The van der Waals surface area contributed by atoms with Gasteiger partial charge in [-0.25, -0.2) is 9.47 Å². The van der Waals surface area contributed by atoms with Crippen molar-refractivity contribution in [1.29, 1.82) is 0 Å². The molecule has 0 unspecified atom stereocenters. The average Bonchev–Trinajstić information content (AvgIpc) is 3.29. The maximum Gasteiger partial charge on any atom is 0.328 e. The molecule has 2 aromatic heterocycles. The molecule has 8 nitrogen and oxygen atoms in total. The summed E-state index contributed by atoms with van der Waals surface area (Å²) in [7, 11) is 3.56. The van der Waals surface area contributed by atoms with Gasteiger partial charge in [0.1, 0.15) is 25.0 Å². The Bertz CT molecular complexity index is 1130. The van der Waals surface area contributed by atoms with Gasteiger partial charge in [-0.15, -0.1) is 10.2 Å². The van der Waals surface area contributed by atoms with Crippen LogP contribution in [0, 0.1) is 0 Å². The smallest absolute Gasteiger partial charge is 0.328 e. The van der Waals surface area contributed by atoms with Crippen molar-refractivity contribution in [3.8, 4) is 5.75 Å². The Balaban J connectivity index is 1.51. The fourth-order valence-electron chi connectivity index (χ4n) is 3.05. The van der Waals surface area contributed by atoms with Crippen LogP contribution in [0.25, 0.3) is 11.0 Å². The maximum atomic E-state index is 12.1. The van der Waals surface area contributed by atoms with E-state index in [1.165, 1.54) is 0 Å². The monoisotopic (exact) mass is 364 g/mol. The molecule has 1 N–H and O–H groups in total. The molecule has 0 aliphatic heterocycles. The molecular formula is C19H20N6O2. The SMILES string of the molecule is Cn1c(=O)n(C)c2cc(COc3ccccc3CNn3cnnc3)ccc21. The molecule has 8 heteroatoms. The van der Waals surface area contributed by atoms with Crippen molar-refractivity contribution in [3.05, 3.63) is 76.7 Å². The van der Waals surface area contributed by atoms with Crippen LogP contribution in [0.5, 0.6) is 5.75 Å². The number of para-hydroxylation sites is 1. The fourth-order valence-corrected chi connectivity index (χ4v) is 3.05. The first-order valence-corrected chi connectivity index (χ1v) is 8.57. The van der Waals surface area contributed by atoms with E-state index in [-0.39, 0.29) is 5.69 Å². The normalized spacial score (nSPS) is 11.0. The molecule has 0 radical (unpaired) electrons. The Hall–Kier alpha value is -3.55. The lowest BCUT2D eigenvalue weighted by atomic mass is 10.2. The zero-order valence-corrected chi connectivity index (χ0v) is 15.2. The minimum atomic E-state index is -0.0338. The quantitative estimate of drug-likeness (QED) is 0.564. The number of rotatable bonds is 6. The topological polar surface area (TPSA) is 78.9 Å². The highest BCUT2D eigenvalue weighted by atomic mass is 16.5. The Labute approximate surface area is 155 Å². The Morgan fingerprint density at radius 3 is 2.56 bits per heavy atom. The third-order valence-corrected chi connectivity index (χ3v) is 4.57. The molecule has 0 bridgehead atoms. The third kappa shape index (κ3) is 3.29. The highest BCUT2D eigenvalue weighted by molar-refractivity contribution is 5.76. The van der Waals surface area contributed by atoms with Gasteiger partial charge in [0, 0.05) is 19.7 Å². The largest absolute Gasteiger partial charge is 0.489 e. The number of hydrogen-bond acceptors (Lipinski definition) is 5. The molecule has 0 saturated heterocycles. The van der Waals surface area contributed by atoms with Gasteiger partial charge in [0.25, 0.3) is 0 Å². The van der Waals surface area contributed by atoms with E-state index in [1.54, 1.807) is 40.6 Å². The minimum Gasteiger partial charge on any atom is -0.489 e. The number of fused-ring (bicyclic) bond motifs is 1. The number of benzene rings is 2. The number of aryl methyl sites for hydroxylation is 2. The van der Waals surface area contributed by atoms with E-state index in [1.807, 2.05) is 42.5 Å². The number of hydrogen-bond donors (Lipinski definition) is 1. The summed E-state index contributed by atoms with van der Waals surface area (Å²) in [6, 6.07) is 13.8. The molecule has 0 atom stereocenters. The van der Waals surface area contributed by atoms with Gasteiger partial charge in [0.15, 0.2) is 0 Å². The molecule has 0 fully saturated rings. The van der Waals surface area contributed by atoms with Crippen molar-refractivity contribution >= 4 is 11.0 Å². The molecule has 0 spiro atoms. The van der Waals surface area contributed by atoms with Crippen LogP contribution >= 0.6 is 0 Å². The van der Waals surface area contributed by atoms with Crippen LogP contribution < -0.4 is 15.9 Å². The van der Waals surface area contributed by atoms with E-state index in [0.717, 1.165) is 27.9 Å². The van der Waals surface area contributed by atoms with Gasteiger partial charge in [-0.3, -0.25) is 9.13 Å². The molecule has 27 heavy (non-hydrogen) atoms. The number of nitrogens with zero attached hydrogens (tertiary/aromatic N) is 5. The van der Waals surface area contributed by atoms with Crippen molar-refractivity contribution in [2.45, 2.75) is 13.2 Å². The Morgan fingerprint density at radius 1 is 1.00 bits per heavy atom. The summed E-state index contributed by atoms with van der Waals surface area (Å²) in [6.45, 7) is 1.00. The van der Waals surface area contributed by atoms with Crippen molar-refractivity contribution in [1.82, 2.24) is 24.0 Å². The van der Waals surface area contributed by atoms with E-state index in [0.29, 0.717) is 13.2 Å². The molecule has 0 saturated carbocycles. The van der Waals surface area contributed by atoms with Crippen molar-refractivity contribution < 1.29 is 4.74 Å². The van der Waals surface area contributed by atoms with Gasteiger partial charge in [0.05, 0.1) is 17.6 Å². The second-order valence-electron chi connectivity index (χ2n) is 6.32. The molecule has 0 aliphatic rings. The first kappa shape index (κ1) is 16.9. The summed E-state index contributed by atoms with van der Waals surface area (Å²) in [5, 5.41) is 7.53. The number of ether oxygens (including phenoxy) is 1. The van der Waals surface area contributed by atoms with Crippen LogP contribution in [0.3, 0.4) is 0 Å². The highest BCUT2D eigenvalue weighted by Gasteiger charge is 2.09. The van der Waals surface area contributed by atoms with Crippen LogP contribution in [0.15, 0.2) is 59.9 Å². The number of imidazole rings is 1. The molecule has 4 rings (SSSR count). The van der Waals surface area contributed by atoms with Gasteiger partial charge in [-0.05, 0) is 23.8 Å². The van der Waals surface area contributed by atoms with E-state index in [4.69, 9.17) is 4.74 Å². The van der Waals surface area contributed by atoms with Crippen LogP contribution in [0.4, 0.5) is 0 Å². The van der Waals surface area contributed by atoms with Gasteiger partial charge in [-0.2, -0.15) is 0 Å². The van der Waals surface area contributed by atoms with Gasteiger partial charge < -0.3 is 10.2 Å². The minimum absolute atomic E-state index is 0.0338. The Kier molecular flexibility index (Phi) is 4.37. The molecule has 4 aromatic rings. The summed E-state index contributed by atoms with van der Waals surface area (Å²) in [4.78, 5) is 12.1. The maximum absolute atomic E-state index is 12.1. The van der Waals surface area contributed by atoms with Crippen LogP contribution in [-0.2, 0) is 27.2 Å². The summed E-state index contributed by atoms with van der Waals surface area (Å²) in [5.41, 5.74) is 6.99. The fraction of sp³-hybridized carbons (Fsp3) is 0.211. The lowest BCUT2D eigenvalue weighted by Crippen LogP contribution is -2.19. The summed E-state index contributed by atoms with van der Waals surface area (Å²) in [6.07, 6.45) is 3.20. The van der Waals surface area contributed by atoms with E-state index in [9.17, 15) is 4.79 Å². The molecule has 0 amide bonds. The average molecular weight is 364 g/mol. The van der Waals surface area contributed by atoms with Crippen LogP contribution in [-0.4, -0.2) is 24.0 Å². The molecule has 138 valence electrons. The van der Waals surface area contributed by atoms with Crippen molar-refractivity contribution in [2.24, 2.45) is 14.1 Å². The highest BCUT2D eigenvalue weighted by Crippen LogP contribution is 2.21. The van der Waals surface area contributed by atoms with Gasteiger partial charge in [0.2, 0.25) is 0 Å². The zero-order valence-electron chi connectivity index (χ0n) is 15.2. The second-order valence-corrected chi connectivity index (χ2v) is 6.32. The van der Waals surface area contributed by atoms with Crippen molar-refractivity contribution in [2.75, 3.05) is 5.43 Å². The van der Waals surface area contributed by atoms with E-state index >= 15 is 0 Å². The Morgan fingerprint density at radius 2 is 1.74 bits per heavy atom. The molecule has 2 heterocycles. The molecule has 0 aliphatic carbocycles. The first-order chi connectivity index (χ1) is 13.1. The third-order valence-electron chi connectivity index (χ3n) is 4.57. The van der Waals surface area contributed by atoms with E-state index in [2.05, 4.69) is 15.6 Å². The summed E-state index contributed by atoms with van der Waals surface area (Å²) in [5.74, 6) is 0.806. The van der Waals surface area contributed by atoms with Gasteiger partial charge in [-0.1, -0.05) is 24.3 Å². The van der Waals surface area contributed by atoms with Crippen LogP contribution in [0.2, 0.25) is 0 Å². The molecular weight excluding hydrogens is 344 g/mol. The first-order valence-electron chi connectivity index (χ1n) is 8.57. The van der Waals surface area contributed by atoms with Gasteiger partial charge >= 0.3 is 5.69 Å². The lowest BCUT2D eigenvalue weighted by molar-refractivity contribution is 0.303. The summed E-state index contributed by atoms with van der Waals surface area (Å²) >= 11 is 0. The summed E-state index contributed by atoms with van der Waals surface area (Å²) < 4.78 is 11.0. The lowest BCUT2D eigenvalue weighted by Gasteiger charge is -2.13. The van der Waals surface area contributed by atoms with Crippen LogP contribution in [0.1, 0.15) is 11.1 Å². The van der Waals surface area contributed by atoms with E-state index < -0.39 is 0 Å². The number of aromatic nitrogens is 5. The predicted molar refractivity (Wildman–Crippen MR) is 102 cm³/mol. The standard InChI is InChI=1S/C19H20N6O2/c1-23-16-8-7-14(9-17(16)24(2)19(23)26)11-27-18-6-4-3-5-15(18)10-22-25-12-20-21-13-25/h3-9,12-13,22H,10-11H2,1-2H3. The number of nitrogens with one attached hydrogen (secondary N) is 1. The zero-order chi connectivity index (χ0) is 18.8. The van der Waals surface area contributed by atoms with Crippen molar-refractivity contribution in [3.63, 3.8) is 0 Å². The predicted octanol–water partition coefficient (Wildman–Crippen LogP) is 1.79.